The molecular formula is C15H13Cl2NO6. The molecule has 2 rings (SSSR count). The normalized spacial score (nSPS) is 12.3. The maximum absolute atomic E-state index is 11.4. The topological polar surface area (TPSA) is 128 Å². The van der Waals surface area contributed by atoms with E-state index in [0.29, 0.717) is 5.52 Å². The number of nitrogens with one attached hydrogen (secondary N) is 1. The molecule has 1 heterocycles. The number of fused-ring (bicyclic) bond motifs is 1. The van der Waals surface area contributed by atoms with Crippen molar-refractivity contribution in [3.63, 3.8) is 0 Å². The number of halogens is 2. The van der Waals surface area contributed by atoms with Crippen molar-refractivity contribution in [1.82, 2.24) is 4.98 Å². The Hall–Kier alpha value is -2.25. The van der Waals surface area contributed by atoms with Gasteiger partial charge in [-0.25, -0.2) is 4.79 Å². The summed E-state index contributed by atoms with van der Waals surface area (Å²) < 4.78 is 0. The summed E-state index contributed by atoms with van der Waals surface area (Å²) in [5, 5.41) is 27.7. The van der Waals surface area contributed by atoms with E-state index >= 15 is 0 Å². The minimum atomic E-state index is -1.27. The largest absolute Gasteiger partial charge is 0.481 e. The average Bonchev–Trinajstić information content (AvgIpc) is 2.83. The van der Waals surface area contributed by atoms with E-state index in [9.17, 15) is 24.6 Å². The number of H-pyrrole nitrogens is 1. The molecule has 0 aliphatic rings. The summed E-state index contributed by atoms with van der Waals surface area (Å²) in [4.78, 5) is 36.1. The van der Waals surface area contributed by atoms with Crippen molar-refractivity contribution in [2.45, 2.75) is 25.7 Å². The van der Waals surface area contributed by atoms with Crippen molar-refractivity contribution < 1.29 is 29.7 Å². The molecule has 0 spiro atoms. The van der Waals surface area contributed by atoms with Gasteiger partial charge in [0.05, 0.1) is 10.9 Å². The van der Waals surface area contributed by atoms with Crippen LogP contribution in [0.2, 0.25) is 10.0 Å². The van der Waals surface area contributed by atoms with Crippen LogP contribution in [0.3, 0.4) is 0 Å². The van der Waals surface area contributed by atoms with Gasteiger partial charge in [-0.15, -0.1) is 0 Å². The predicted molar refractivity (Wildman–Crippen MR) is 87.3 cm³/mol. The zero-order chi connectivity index (χ0) is 18.2. The zero-order valence-electron chi connectivity index (χ0n) is 12.4. The predicted octanol–water partition coefficient (Wildman–Crippen LogP) is 3.38. The molecule has 128 valence electrons. The molecule has 1 unspecified atom stereocenters. The molecule has 0 aliphatic heterocycles. The molecule has 0 saturated carbocycles. The SMILES string of the molecule is CC(C(=O)O)c1c(Cl)cc2[nH]c(C(=O)O)c(CCC(=O)O)c2c1Cl. The van der Waals surface area contributed by atoms with Gasteiger partial charge in [-0.2, -0.15) is 0 Å². The molecule has 1 aromatic heterocycles. The number of carbonyl (C=O) groups is 3. The molecule has 0 aliphatic carbocycles. The van der Waals surface area contributed by atoms with Gasteiger partial charge in [0.15, 0.2) is 0 Å². The van der Waals surface area contributed by atoms with Crippen LogP contribution in [-0.4, -0.2) is 38.2 Å². The quantitative estimate of drug-likeness (QED) is 0.614. The van der Waals surface area contributed by atoms with Crippen molar-refractivity contribution in [3.8, 4) is 0 Å². The summed E-state index contributed by atoms with van der Waals surface area (Å²) in [6, 6.07) is 1.40. The second kappa shape index (κ2) is 6.70. The van der Waals surface area contributed by atoms with Crippen LogP contribution < -0.4 is 0 Å². The van der Waals surface area contributed by atoms with Crippen LogP contribution in [0.4, 0.5) is 0 Å². The first-order valence-electron chi connectivity index (χ1n) is 6.85. The number of carboxylic acid groups (broad SMARTS) is 3. The number of hydrogen-bond donors (Lipinski definition) is 4. The molecule has 7 nitrogen and oxygen atoms in total. The number of aryl methyl sites for hydroxylation is 1. The monoisotopic (exact) mass is 373 g/mol. The number of aromatic amines is 1. The molecule has 1 atom stereocenters. The highest BCUT2D eigenvalue weighted by molar-refractivity contribution is 6.40. The third kappa shape index (κ3) is 3.18. The van der Waals surface area contributed by atoms with Crippen molar-refractivity contribution in [2.75, 3.05) is 0 Å². The van der Waals surface area contributed by atoms with Crippen LogP contribution in [0.15, 0.2) is 6.07 Å². The highest BCUT2D eigenvalue weighted by Gasteiger charge is 2.26. The summed E-state index contributed by atoms with van der Waals surface area (Å²) in [5.74, 6) is -4.51. The Morgan fingerprint density at radius 3 is 2.33 bits per heavy atom. The molecule has 0 radical (unpaired) electrons. The molecule has 9 heteroatoms. The van der Waals surface area contributed by atoms with E-state index in [1.807, 2.05) is 0 Å². The first-order chi connectivity index (χ1) is 11.1. The number of aromatic nitrogens is 1. The van der Waals surface area contributed by atoms with Gasteiger partial charge in [0.1, 0.15) is 5.69 Å². The highest BCUT2D eigenvalue weighted by atomic mass is 35.5. The first-order valence-corrected chi connectivity index (χ1v) is 7.61. The number of aromatic carboxylic acids is 1. The van der Waals surface area contributed by atoms with E-state index in [4.69, 9.17) is 28.3 Å². The molecule has 4 N–H and O–H groups in total. The van der Waals surface area contributed by atoms with Crippen molar-refractivity contribution in [2.24, 2.45) is 0 Å². The van der Waals surface area contributed by atoms with E-state index < -0.39 is 23.8 Å². The second-order valence-corrected chi connectivity index (χ2v) is 6.03. The number of benzene rings is 1. The fourth-order valence-electron chi connectivity index (χ4n) is 2.55. The summed E-state index contributed by atoms with van der Waals surface area (Å²) in [7, 11) is 0. The summed E-state index contributed by atoms with van der Waals surface area (Å²) >= 11 is 12.4. The van der Waals surface area contributed by atoms with Gasteiger partial charge in [0.25, 0.3) is 0 Å². The van der Waals surface area contributed by atoms with Gasteiger partial charge in [-0.1, -0.05) is 23.2 Å². The molecule has 0 fully saturated rings. The van der Waals surface area contributed by atoms with E-state index in [1.54, 1.807) is 0 Å². The van der Waals surface area contributed by atoms with Crippen LogP contribution in [-0.2, 0) is 16.0 Å². The molecule has 2 aromatic rings. The van der Waals surface area contributed by atoms with E-state index in [0.717, 1.165) is 0 Å². The van der Waals surface area contributed by atoms with Crippen LogP contribution in [0, 0.1) is 0 Å². The Morgan fingerprint density at radius 2 is 1.83 bits per heavy atom. The van der Waals surface area contributed by atoms with Crippen LogP contribution in [0.25, 0.3) is 10.9 Å². The van der Waals surface area contributed by atoms with Gasteiger partial charge >= 0.3 is 17.9 Å². The summed E-state index contributed by atoms with van der Waals surface area (Å²) in [5.41, 5.74) is 0.486. The lowest BCUT2D eigenvalue weighted by atomic mass is 9.97. The zero-order valence-corrected chi connectivity index (χ0v) is 13.9. The minimum absolute atomic E-state index is 0.0107. The summed E-state index contributed by atoms with van der Waals surface area (Å²) in [6.45, 7) is 1.41. The second-order valence-electron chi connectivity index (χ2n) is 5.25. The van der Waals surface area contributed by atoms with Crippen LogP contribution in [0.5, 0.6) is 0 Å². The van der Waals surface area contributed by atoms with Gasteiger partial charge in [-0.05, 0) is 25.0 Å². The number of carboxylic acids is 3. The van der Waals surface area contributed by atoms with Gasteiger partial charge in [0.2, 0.25) is 0 Å². The maximum Gasteiger partial charge on any atom is 0.352 e. The number of rotatable bonds is 6. The Morgan fingerprint density at radius 1 is 1.21 bits per heavy atom. The Labute approximate surface area is 145 Å². The van der Waals surface area contributed by atoms with E-state index in [-0.39, 0.29) is 45.1 Å². The first kappa shape index (κ1) is 18.1. The summed E-state index contributed by atoms with van der Waals surface area (Å²) in [6.07, 6.45) is -0.366. The lowest BCUT2D eigenvalue weighted by molar-refractivity contribution is -0.138. The Bertz CT molecular complexity index is 858. The lowest BCUT2D eigenvalue weighted by Crippen LogP contribution is -2.09. The molecule has 1 aromatic carbocycles. The lowest BCUT2D eigenvalue weighted by Gasteiger charge is -2.13. The third-order valence-electron chi connectivity index (χ3n) is 3.72. The van der Waals surface area contributed by atoms with Crippen molar-refractivity contribution in [1.29, 1.82) is 0 Å². The van der Waals surface area contributed by atoms with E-state index in [2.05, 4.69) is 4.98 Å². The molecule has 24 heavy (non-hydrogen) atoms. The smallest absolute Gasteiger partial charge is 0.352 e. The molecular weight excluding hydrogens is 361 g/mol. The van der Waals surface area contributed by atoms with Crippen molar-refractivity contribution >= 4 is 52.0 Å². The maximum atomic E-state index is 11.4. The highest BCUT2D eigenvalue weighted by Crippen LogP contribution is 2.40. The molecule has 0 saturated heterocycles. The van der Waals surface area contributed by atoms with Gasteiger partial charge in [-0.3, -0.25) is 9.59 Å². The Balaban J connectivity index is 2.78. The van der Waals surface area contributed by atoms with Gasteiger partial charge < -0.3 is 20.3 Å². The molecule has 0 amide bonds. The van der Waals surface area contributed by atoms with Gasteiger partial charge in [0, 0.05) is 27.9 Å². The Kier molecular flexibility index (Phi) is 5.05. The fraction of sp³-hybridized carbons (Fsp3) is 0.267. The fourth-order valence-corrected chi connectivity index (χ4v) is 3.44. The number of hydrogen-bond acceptors (Lipinski definition) is 3. The van der Waals surface area contributed by atoms with Crippen LogP contribution in [0.1, 0.15) is 40.9 Å². The average molecular weight is 374 g/mol. The van der Waals surface area contributed by atoms with E-state index in [1.165, 1.54) is 13.0 Å². The third-order valence-corrected chi connectivity index (χ3v) is 4.43. The van der Waals surface area contributed by atoms with Crippen LogP contribution >= 0.6 is 23.2 Å². The molecule has 0 bridgehead atoms. The standard InChI is InChI=1S/C15H13Cl2NO6/c1-5(14(21)22)10-7(16)4-8-11(12(10)17)6(2-3-9(19)20)13(18-8)15(23)24/h4-5,18H,2-3H2,1H3,(H,19,20)(H,21,22)(H,23,24). The number of aliphatic carboxylic acids is 2. The van der Waals surface area contributed by atoms with Crippen molar-refractivity contribution in [3.05, 3.63) is 32.9 Å². The minimum Gasteiger partial charge on any atom is -0.481 e.